The Hall–Kier alpha value is -4.57. The molecule has 2 aromatic rings. The van der Waals surface area contributed by atoms with Gasteiger partial charge < -0.3 is 54.0 Å². The van der Waals surface area contributed by atoms with Crippen molar-refractivity contribution in [2.24, 2.45) is 5.92 Å². The Balaban J connectivity index is 1.55. The third kappa shape index (κ3) is 9.73. The lowest BCUT2D eigenvalue weighted by atomic mass is 9.86. The zero-order chi connectivity index (χ0) is 34.6. The van der Waals surface area contributed by atoms with E-state index >= 15 is 0 Å². The second-order valence-corrected chi connectivity index (χ2v) is 10.8. The molecule has 0 bridgehead atoms. The molecule has 0 radical (unpaired) electrons. The van der Waals surface area contributed by atoms with E-state index in [9.17, 15) is 39.9 Å². The second kappa shape index (κ2) is 17.5. The standard InChI is InChI=1S/C34H38O14/c1-43-32(42)25-19-46-33(48-34-31(41)30(40)29(39)26(18-35)47-34)23(14-16-44-27(37)12-9-20-5-3-2-4-6-20)24(25)17-28(38)45-15-13-21-7-10-22(36)11-8-21/h2-12,14,19,24,26,29-31,33-36,39-41H,13,15-18H2,1H3/t24-,26+,29+,30-,31+,33-,34+/m0/s1. The number of benzene rings is 2. The number of phenolic OH excluding ortho intramolecular Hbond substituents is 1. The van der Waals surface area contributed by atoms with Crippen LogP contribution in [-0.4, -0.2) is 107 Å². The fourth-order valence-electron chi connectivity index (χ4n) is 4.99. The van der Waals surface area contributed by atoms with E-state index < -0.39 is 73.8 Å². The van der Waals surface area contributed by atoms with Gasteiger partial charge in [0.1, 0.15) is 36.8 Å². The van der Waals surface area contributed by atoms with Gasteiger partial charge in [0.25, 0.3) is 0 Å². The smallest absolute Gasteiger partial charge is 0.337 e. The molecule has 14 heteroatoms. The lowest BCUT2D eigenvalue weighted by Crippen LogP contribution is -2.60. The number of aliphatic hydroxyl groups excluding tert-OH is 4. The highest BCUT2D eigenvalue weighted by Gasteiger charge is 2.47. The minimum Gasteiger partial charge on any atom is -0.508 e. The number of aromatic hydroxyl groups is 1. The maximum atomic E-state index is 13.1. The summed E-state index contributed by atoms with van der Waals surface area (Å²) in [5.41, 5.74) is 1.56. The zero-order valence-corrected chi connectivity index (χ0v) is 26.0. The van der Waals surface area contributed by atoms with Gasteiger partial charge in [0.05, 0.1) is 38.6 Å². The molecule has 1 saturated heterocycles. The van der Waals surface area contributed by atoms with E-state index in [0.717, 1.165) is 24.5 Å². The van der Waals surface area contributed by atoms with Crippen LogP contribution in [0.4, 0.5) is 0 Å². The Kier molecular flexibility index (Phi) is 13.3. The Bertz CT molecular complexity index is 1470. The fourth-order valence-corrected chi connectivity index (χ4v) is 4.99. The van der Waals surface area contributed by atoms with Crippen LogP contribution >= 0.6 is 0 Å². The molecule has 0 unspecified atom stereocenters. The number of esters is 3. The first kappa shape index (κ1) is 36.3. The number of aliphatic hydroxyl groups is 4. The number of carbonyl (C=O) groups excluding carboxylic acids is 3. The van der Waals surface area contributed by atoms with Gasteiger partial charge in [-0.25, -0.2) is 9.59 Å². The minimum absolute atomic E-state index is 0.0146. The molecule has 0 spiro atoms. The summed E-state index contributed by atoms with van der Waals surface area (Å²) in [5, 5.41) is 50.1. The monoisotopic (exact) mass is 670 g/mol. The van der Waals surface area contributed by atoms with Crippen molar-refractivity contribution in [3.63, 3.8) is 0 Å². The van der Waals surface area contributed by atoms with Gasteiger partial charge in [0.2, 0.25) is 6.29 Å². The molecule has 2 aliphatic heterocycles. The van der Waals surface area contributed by atoms with Crippen molar-refractivity contribution in [3.05, 3.63) is 95.3 Å². The van der Waals surface area contributed by atoms with Crippen LogP contribution in [-0.2, 0) is 49.2 Å². The summed E-state index contributed by atoms with van der Waals surface area (Å²) in [4.78, 5) is 38.3. The average Bonchev–Trinajstić information content (AvgIpc) is 3.09. The summed E-state index contributed by atoms with van der Waals surface area (Å²) in [6.45, 7) is -1.10. The van der Waals surface area contributed by atoms with Gasteiger partial charge in [-0.15, -0.1) is 0 Å². The molecule has 14 nitrogen and oxygen atoms in total. The van der Waals surface area contributed by atoms with Crippen LogP contribution in [0, 0.1) is 5.92 Å². The zero-order valence-electron chi connectivity index (χ0n) is 26.0. The van der Waals surface area contributed by atoms with E-state index in [-0.39, 0.29) is 30.1 Å². The van der Waals surface area contributed by atoms with Gasteiger partial charge in [0.15, 0.2) is 6.29 Å². The lowest BCUT2D eigenvalue weighted by Gasteiger charge is -2.42. The Labute approximate surface area is 276 Å². The molecule has 0 saturated carbocycles. The number of hydrogen-bond donors (Lipinski definition) is 5. The van der Waals surface area contributed by atoms with Gasteiger partial charge in [-0.1, -0.05) is 42.5 Å². The Morgan fingerprint density at radius 2 is 1.67 bits per heavy atom. The molecule has 0 aliphatic carbocycles. The van der Waals surface area contributed by atoms with E-state index in [4.69, 9.17) is 28.4 Å². The first-order valence-corrected chi connectivity index (χ1v) is 15.0. The maximum Gasteiger partial charge on any atom is 0.337 e. The Morgan fingerprint density at radius 3 is 2.35 bits per heavy atom. The second-order valence-electron chi connectivity index (χ2n) is 10.8. The first-order chi connectivity index (χ1) is 23.1. The first-order valence-electron chi connectivity index (χ1n) is 15.0. The quantitative estimate of drug-likeness (QED) is 0.0869. The van der Waals surface area contributed by atoms with Crippen molar-refractivity contribution in [3.8, 4) is 5.75 Å². The normalized spacial score (nSPS) is 26.4. The fraction of sp³-hybridized carbons (Fsp3) is 0.382. The molecular formula is C34H38O14. The molecular weight excluding hydrogens is 632 g/mol. The van der Waals surface area contributed by atoms with Gasteiger partial charge in [0, 0.05) is 24.0 Å². The molecule has 2 heterocycles. The van der Waals surface area contributed by atoms with E-state index in [2.05, 4.69) is 0 Å². The molecule has 1 fully saturated rings. The number of carbonyl (C=O) groups is 3. The van der Waals surface area contributed by atoms with E-state index in [1.54, 1.807) is 42.5 Å². The molecule has 4 rings (SSSR count). The van der Waals surface area contributed by atoms with Gasteiger partial charge in [-0.2, -0.15) is 0 Å². The SMILES string of the molecule is COC(=O)C1=CO[C@@H](O[C@H]2O[C@H](CO)[C@@H](O)[C@H](O)[C@H]2O)C(=CCOC(=O)C=Cc2ccccc2)[C@@H]1CC(=O)OCCc1ccc(O)cc1. The molecule has 7 atom stereocenters. The topological polar surface area (TPSA) is 208 Å². The van der Waals surface area contributed by atoms with Crippen LogP contribution in [0.3, 0.4) is 0 Å². The largest absolute Gasteiger partial charge is 0.508 e. The summed E-state index contributed by atoms with van der Waals surface area (Å²) < 4.78 is 32.6. The number of phenols is 1. The van der Waals surface area contributed by atoms with Gasteiger partial charge in [-0.3, -0.25) is 4.79 Å². The van der Waals surface area contributed by atoms with Crippen LogP contribution in [0.5, 0.6) is 5.75 Å². The summed E-state index contributed by atoms with van der Waals surface area (Å²) >= 11 is 0. The summed E-state index contributed by atoms with van der Waals surface area (Å²) in [6.07, 6.45) is -4.53. The Morgan fingerprint density at radius 1 is 0.938 bits per heavy atom. The molecule has 0 aromatic heterocycles. The van der Waals surface area contributed by atoms with Crippen LogP contribution < -0.4 is 0 Å². The van der Waals surface area contributed by atoms with E-state index in [1.165, 1.54) is 24.3 Å². The minimum atomic E-state index is -1.79. The lowest BCUT2D eigenvalue weighted by molar-refractivity contribution is -0.327. The molecule has 258 valence electrons. The van der Waals surface area contributed by atoms with Crippen molar-refractivity contribution in [1.29, 1.82) is 0 Å². The number of methoxy groups -OCH3 is 1. The van der Waals surface area contributed by atoms with Crippen LogP contribution in [0.1, 0.15) is 17.5 Å². The van der Waals surface area contributed by atoms with Crippen molar-refractivity contribution in [1.82, 2.24) is 0 Å². The van der Waals surface area contributed by atoms with E-state index in [1.807, 2.05) is 6.07 Å². The molecule has 5 N–H and O–H groups in total. The van der Waals surface area contributed by atoms with Crippen molar-refractivity contribution in [2.45, 2.75) is 49.8 Å². The van der Waals surface area contributed by atoms with Crippen LogP contribution in [0.2, 0.25) is 0 Å². The highest BCUT2D eigenvalue weighted by Crippen LogP contribution is 2.36. The van der Waals surface area contributed by atoms with Crippen LogP contribution in [0.15, 0.2) is 84.2 Å². The number of rotatable bonds is 13. The summed E-state index contributed by atoms with van der Waals surface area (Å²) in [6, 6.07) is 15.4. The number of ether oxygens (including phenoxy) is 6. The number of hydrogen-bond acceptors (Lipinski definition) is 14. The predicted molar refractivity (Wildman–Crippen MR) is 165 cm³/mol. The van der Waals surface area contributed by atoms with E-state index in [0.29, 0.717) is 6.42 Å². The van der Waals surface area contributed by atoms with Crippen molar-refractivity contribution >= 4 is 24.0 Å². The third-order valence-electron chi connectivity index (χ3n) is 7.61. The average molecular weight is 671 g/mol. The predicted octanol–water partition coefficient (Wildman–Crippen LogP) is 0.897. The molecule has 2 aromatic carbocycles. The third-order valence-corrected chi connectivity index (χ3v) is 7.61. The summed E-state index contributed by atoms with van der Waals surface area (Å²) in [5.74, 6) is -3.25. The molecule has 2 aliphatic rings. The highest BCUT2D eigenvalue weighted by atomic mass is 16.8. The maximum absolute atomic E-state index is 13.1. The molecule has 0 amide bonds. The highest BCUT2D eigenvalue weighted by molar-refractivity contribution is 5.91. The van der Waals surface area contributed by atoms with Gasteiger partial charge >= 0.3 is 17.9 Å². The van der Waals surface area contributed by atoms with Crippen LogP contribution in [0.25, 0.3) is 6.08 Å². The van der Waals surface area contributed by atoms with Crippen molar-refractivity contribution in [2.75, 3.05) is 26.9 Å². The molecule has 48 heavy (non-hydrogen) atoms. The van der Waals surface area contributed by atoms with Gasteiger partial charge in [-0.05, 0) is 35.4 Å². The van der Waals surface area contributed by atoms with Crippen molar-refractivity contribution < 1.29 is 68.3 Å². The summed E-state index contributed by atoms with van der Waals surface area (Å²) in [7, 11) is 1.14.